The van der Waals surface area contributed by atoms with E-state index in [9.17, 15) is 4.79 Å². The number of oxime groups is 1. The zero-order chi connectivity index (χ0) is 16.2. The van der Waals surface area contributed by atoms with Crippen molar-refractivity contribution in [3.63, 3.8) is 0 Å². The molecule has 0 radical (unpaired) electrons. The van der Waals surface area contributed by atoms with Crippen molar-refractivity contribution in [2.75, 3.05) is 5.32 Å². The summed E-state index contributed by atoms with van der Waals surface area (Å²) in [6.07, 6.45) is 1.18. The number of hydrogen-bond acceptors (Lipinski definition) is 3. The van der Waals surface area contributed by atoms with E-state index in [-0.39, 0.29) is 12.0 Å². The summed E-state index contributed by atoms with van der Waals surface area (Å²) in [5, 5.41) is 6.97. The van der Waals surface area contributed by atoms with Gasteiger partial charge in [0.15, 0.2) is 6.10 Å². The lowest BCUT2D eigenvalue weighted by Crippen LogP contribution is -2.23. The molecule has 3 rings (SSSR count). The van der Waals surface area contributed by atoms with Crippen LogP contribution in [0.4, 0.5) is 5.69 Å². The molecule has 0 spiro atoms. The Hall–Kier alpha value is -2.62. The molecule has 0 saturated heterocycles. The first-order valence-electron chi connectivity index (χ1n) is 7.86. The van der Waals surface area contributed by atoms with Crippen molar-refractivity contribution in [1.29, 1.82) is 0 Å². The number of amides is 1. The molecule has 0 unspecified atom stereocenters. The van der Waals surface area contributed by atoms with Gasteiger partial charge >= 0.3 is 0 Å². The number of nitrogens with zero attached hydrogens (tertiary/aromatic N) is 1. The predicted octanol–water partition coefficient (Wildman–Crippen LogP) is 4.01. The number of hydrogen-bond donors (Lipinski definition) is 1. The number of carbonyl (C=O) groups excluding carboxylic acids is 1. The lowest BCUT2D eigenvalue weighted by atomic mass is 10.0. The van der Waals surface area contributed by atoms with Gasteiger partial charge in [-0.2, -0.15) is 0 Å². The van der Waals surface area contributed by atoms with E-state index >= 15 is 0 Å². The Morgan fingerprint density at radius 3 is 2.74 bits per heavy atom. The number of anilines is 1. The largest absolute Gasteiger partial charge is 0.387 e. The average molecular weight is 308 g/mol. The van der Waals surface area contributed by atoms with Crippen molar-refractivity contribution < 1.29 is 9.63 Å². The second-order valence-electron chi connectivity index (χ2n) is 5.66. The highest BCUT2D eigenvalue weighted by Crippen LogP contribution is 2.28. The van der Waals surface area contributed by atoms with Gasteiger partial charge in [0, 0.05) is 12.1 Å². The van der Waals surface area contributed by atoms with Gasteiger partial charge in [-0.15, -0.1) is 0 Å². The molecule has 1 N–H and O–H groups in total. The monoisotopic (exact) mass is 308 g/mol. The van der Waals surface area contributed by atoms with Crippen LogP contribution in [-0.2, 0) is 16.1 Å². The lowest BCUT2D eigenvalue weighted by Gasteiger charge is -2.12. The van der Waals surface area contributed by atoms with Crippen molar-refractivity contribution in [3.8, 4) is 0 Å². The van der Waals surface area contributed by atoms with Gasteiger partial charge in [-0.3, -0.25) is 4.79 Å². The van der Waals surface area contributed by atoms with E-state index in [1.165, 1.54) is 0 Å². The van der Waals surface area contributed by atoms with Gasteiger partial charge in [0.25, 0.3) is 5.91 Å². The van der Waals surface area contributed by atoms with Crippen LogP contribution in [0.25, 0.3) is 0 Å². The van der Waals surface area contributed by atoms with E-state index in [4.69, 9.17) is 4.84 Å². The van der Waals surface area contributed by atoms with E-state index in [2.05, 4.69) is 17.4 Å². The predicted molar refractivity (Wildman–Crippen MR) is 91.5 cm³/mol. The number of carbonyl (C=O) groups is 1. The highest BCUT2D eigenvalue weighted by atomic mass is 16.6. The minimum atomic E-state index is -0.188. The van der Waals surface area contributed by atoms with E-state index in [0.717, 1.165) is 28.8 Å². The molecule has 1 heterocycles. The summed E-state index contributed by atoms with van der Waals surface area (Å²) in [6.45, 7) is 4.07. The van der Waals surface area contributed by atoms with Gasteiger partial charge in [-0.05, 0) is 30.0 Å². The molecule has 0 aliphatic carbocycles. The van der Waals surface area contributed by atoms with E-state index < -0.39 is 0 Å². The van der Waals surface area contributed by atoms with E-state index in [1.54, 1.807) is 0 Å². The third-order valence-corrected chi connectivity index (χ3v) is 4.08. The minimum absolute atomic E-state index is 0.181. The summed E-state index contributed by atoms with van der Waals surface area (Å²) >= 11 is 0. The molecular formula is C19H20N2O2. The topological polar surface area (TPSA) is 50.7 Å². The molecule has 23 heavy (non-hydrogen) atoms. The van der Waals surface area contributed by atoms with Crippen LogP contribution in [0.2, 0.25) is 0 Å². The Kier molecular flexibility index (Phi) is 4.42. The van der Waals surface area contributed by atoms with Crippen LogP contribution in [-0.4, -0.2) is 11.6 Å². The fourth-order valence-electron chi connectivity index (χ4n) is 2.75. The molecule has 118 valence electrons. The fraction of sp³-hybridized carbons (Fsp3) is 0.263. The van der Waals surface area contributed by atoms with Crippen molar-refractivity contribution in [2.45, 2.75) is 32.8 Å². The Morgan fingerprint density at radius 1 is 1.22 bits per heavy atom. The summed E-state index contributed by atoms with van der Waals surface area (Å²) in [4.78, 5) is 17.9. The highest BCUT2D eigenvalue weighted by Gasteiger charge is 2.27. The summed E-state index contributed by atoms with van der Waals surface area (Å²) < 4.78 is 0. The number of benzene rings is 2. The van der Waals surface area contributed by atoms with Crippen LogP contribution >= 0.6 is 0 Å². The molecule has 4 heteroatoms. The van der Waals surface area contributed by atoms with Gasteiger partial charge in [-0.1, -0.05) is 60.6 Å². The number of nitrogens with one attached hydrogen (secondary N) is 1. The van der Waals surface area contributed by atoms with E-state index in [0.29, 0.717) is 12.1 Å². The van der Waals surface area contributed by atoms with Crippen molar-refractivity contribution >= 4 is 17.3 Å². The zero-order valence-corrected chi connectivity index (χ0v) is 13.4. The first-order valence-corrected chi connectivity index (χ1v) is 7.86. The molecule has 1 amide bonds. The van der Waals surface area contributed by atoms with Gasteiger partial charge < -0.3 is 10.2 Å². The second-order valence-corrected chi connectivity index (χ2v) is 5.66. The number of rotatable bonds is 4. The molecule has 1 aliphatic rings. The Labute approximate surface area is 136 Å². The van der Waals surface area contributed by atoms with Crippen LogP contribution in [0.5, 0.6) is 0 Å². The van der Waals surface area contributed by atoms with E-state index in [1.807, 2.05) is 55.5 Å². The van der Waals surface area contributed by atoms with Gasteiger partial charge in [-0.25, -0.2) is 0 Å². The van der Waals surface area contributed by atoms with Crippen LogP contribution in [0.1, 0.15) is 36.1 Å². The third-order valence-electron chi connectivity index (χ3n) is 4.08. The maximum atomic E-state index is 12.5. The molecule has 2 aromatic rings. The lowest BCUT2D eigenvalue weighted by molar-refractivity contribution is -0.110. The summed E-state index contributed by atoms with van der Waals surface area (Å²) in [5.41, 5.74) is 4.52. The zero-order valence-electron chi connectivity index (χ0n) is 13.4. The first kappa shape index (κ1) is 15.3. The summed E-state index contributed by atoms with van der Waals surface area (Å²) in [6, 6.07) is 15.9. The first-order chi connectivity index (χ1) is 11.2. The third kappa shape index (κ3) is 3.26. The standard InChI is InChI=1S/C19H20N2O2/c1-3-14-11-7-8-13(2)18(14)20-19(22)16-12-17(23-21-16)15-9-5-4-6-10-15/h4-11,17H,3,12H2,1-2H3,(H,20,22)/t17-/m0/s1. The summed E-state index contributed by atoms with van der Waals surface area (Å²) in [7, 11) is 0. The Morgan fingerprint density at radius 2 is 2.00 bits per heavy atom. The SMILES string of the molecule is CCc1cccc(C)c1NC(=O)C1=NO[C@H](c2ccccc2)C1. The molecular weight excluding hydrogens is 288 g/mol. The van der Waals surface area contributed by atoms with Crippen molar-refractivity contribution in [3.05, 3.63) is 65.2 Å². The normalized spacial score (nSPS) is 16.6. The molecule has 0 bridgehead atoms. The maximum Gasteiger partial charge on any atom is 0.273 e. The van der Waals surface area contributed by atoms with Gasteiger partial charge in [0.05, 0.1) is 0 Å². The molecule has 4 nitrogen and oxygen atoms in total. The maximum absolute atomic E-state index is 12.5. The van der Waals surface area contributed by atoms with Gasteiger partial charge in [0.1, 0.15) is 5.71 Å². The smallest absolute Gasteiger partial charge is 0.273 e. The molecule has 0 saturated carbocycles. The molecule has 1 atom stereocenters. The number of aryl methyl sites for hydroxylation is 2. The molecule has 0 fully saturated rings. The average Bonchev–Trinajstić information content (AvgIpc) is 3.07. The quantitative estimate of drug-likeness (QED) is 0.927. The fourth-order valence-corrected chi connectivity index (χ4v) is 2.75. The van der Waals surface area contributed by atoms with Gasteiger partial charge in [0.2, 0.25) is 0 Å². The minimum Gasteiger partial charge on any atom is -0.387 e. The second kappa shape index (κ2) is 6.65. The van der Waals surface area contributed by atoms with Crippen LogP contribution < -0.4 is 5.32 Å². The van der Waals surface area contributed by atoms with Crippen LogP contribution in [0.15, 0.2) is 53.7 Å². The van der Waals surface area contributed by atoms with Crippen molar-refractivity contribution in [2.24, 2.45) is 5.16 Å². The van der Waals surface area contributed by atoms with Crippen LogP contribution in [0, 0.1) is 6.92 Å². The molecule has 1 aliphatic heterocycles. The van der Waals surface area contributed by atoms with Crippen LogP contribution in [0.3, 0.4) is 0 Å². The molecule has 2 aromatic carbocycles. The Balaban J connectivity index is 1.71. The summed E-state index contributed by atoms with van der Waals surface area (Å²) in [5.74, 6) is -0.188. The highest BCUT2D eigenvalue weighted by molar-refractivity contribution is 6.43. The molecule has 0 aromatic heterocycles. The number of para-hydroxylation sites is 1. The van der Waals surface area contributed by atoms with Crippen molar-refractivity contribution in [1.82, 2.24) is 0 Å². The Bertz CT molecular complexity index is 738.